The summed E-state index contributed by atoms with van der Waals surface area (Å²) in [6, 6.07) is -0.192. The molecule has 0 aromatic heterocycles. The normalized spacial score (nSPS) is 21.7. The van der Waals surface area contributed by atoms with Crippen LogP contribution in [0, 0.1) is 0 Å². The standard InChI is InChI=1S/C6H9NO3S/c1-5(2)7-4-3-6(8)11(7,9)10/h3-5H,1-2H3. The van der Waals surface area contributed by atoms with E-state index in [2.05, 4.69) is 0 Å². The third kappa shape index (κ3) is 1.16. The third-order valence-electron chi connectivity index (χ3n) is 1.40. The molecule has 1 rings (SSSR count). The van der Waals surface area contributed by atoms with Gasteiger partial charge < -0.3 is 0 Å². The Hall–Kier alpha value is -0.840. The molecule has 0 N–H and O–H groups in total. The zero-order chi connectivity index (χ0) is 8.65. The van der Waals surface area contributed by atoms with Crippen molar-refractivity contribution in [1.29, 1.82) is 0 Å². The lowest BCUT2D eigenvalue weighted by atomic mass is 10.4. The molecule has 5 heteroatoms. The molecule has 0 aromatic carbocycles. The highest BCUT2D eigenvalue weighted by atomic mass is 32.2. The molecule has 0 aliphatic carbocycles. The summed E-state index contributed by atoms with van der Waals surface area (Å²) < 4.78 is 23.1. The number of hydrogen-bond acceptors (Lipinski definition) is 3. The molecule has 0 atom stereocenters. The molecule has 0 saturated heterocycles. The lowest BCUT2D eigenvalue weighted by molar-refractivity contribution is -0.107. The highest BCUT2D eigenvalue weighted by Gasteiger charge is 2.32. The van der Waals surface area contributed by atoms with Gasteiger partial charge in [0.25, 0.3) is 5.12 Å². The summed E-state index contributed by atoms with van der Waals surface area (Å²) in [6.45, 7) is 3.42. The minimum Gasteiger partial charge on any atom is -0.275 e. The van der Waals surface area contributed by atoms with Gasteiger partial charge in [0.2, 0.25) is 0 Å². The van der Waals surface area contributed by atoms with Crippen LogP contribution < -0.4 is 0 Å². The minimum absolute atomic E-state index is 0.192. The highest BCUT2D eigenvalue weighted by Crippen LogP contribution is 2.15. The van der Waals surface area contributed by atoms with Gasteiger partial charge in [-0.1, -0.05) is 0 Å². The monoisotopic (exact) mass is 175 g/mol. The largest absolute Gasteiger partial charge is 0.302 e. The summed E-state index contributed by atoms with van der Waals surface area (Å²) in [5.41, 5.74) is 0. The van der Waals surface area contributed by atoms with E-state index in [9.17, 15) is 13.2 Å². The van der Waals surface area contributed by atoms with Crippen LogP contribution in [-0.2, 0) is 14.8 Å². The van der Waals surface area contributed by atoms with Gasteiger partial charge in [0.05, 0.1) is 0 Å². The summed E-state index contributed by atoms with van der Waals surface area (Å²) in [6.07, 6.45) is 2.36. The molecule has 4 nitrogen and oxygen atoms in total. The number of hydrogen-bond donors (Lipinski definition) is 0. The number of sulfonamides is 1. The van der Waals surface area contributed by atoms with E-state index in [1.165, 1.54) is 6.20 Å². The van der Waals surface area contributed by atoms with Gasteiger partial charge in [-0.15, -0.1) is 0 Å². The molecule has 0 amide bonds. The topological polar surface area (TPSA) is 54.5 Å². The van der Waals surface area contributed by atoms with Crippen LogP contribution in [0.25, 0.3) is 0 Å². The summed E-state index contributed by atoms with van der Waals surface area (Å²) in [5, 5.41) is -0.828. The van der Waals surface area contributed by atoms with Gasteiger partial charge in [0, 0.05) is 18.3 Å². The van der Waals surface area contributed by atoms with Gasteiger partial charge in [-0.3, -0.25) is 9.10 Å². The fourth-order valence-electron chi connectivity index (χ4n) is 0.854. The van der Waals surface area contributed by atoms with Crippen molar-refractivity contribution in [1.82, 2.24) is 4.31 Å². The fourth-order valence-corrected chi connectivity index (χ4v) is 2.07. The molecule has 0 unspecified atom stereocenters. The van der Waals surface area contributed by atoms with Crippen LogP contribution in [0.1, 0.15) is 13.8 Å². The summed E-state index contributed by atoms with van der Waals surface area (Å²) in [5.74, 6) is 0. The zero-order valence-electron chi connectivity index (χ0n) is 6.31. The first-order chi connectivity index (χ1) is 4.96. The molecule has 62 valence electrons. The first-order valence-electron chi connectivity index (χ1n) is 3.22. The summed E-state index contributed by atoms with van der Waals surface area (Å²) in [4.78, 5) is 10.7. The summed E-state index contributed by atoms with van der Waals surface area (Å²) >= 11 is 0. The van der Waals surface area contributed by atoms with E-state index in [-0.39, 0.29) is 6.04 Å². The molecule has 0 bridgehead atoms. The van der Waals surface area contributed by atoms with Crippen LogP contribution in [-0.4, -0.2) is 23.9 Å². The van der Waals surface area contributed by atoms with E-state index in [0.29, 0.717) is 0 Å². The highest BCUT2D eigenvalue weighted by molar-refractivity contribution is 8.04. The molecule has 0 spiro atoms. The predicted octanol–water partition coefficient (Wildman–Crippen LogP) is 0.0805. The zero-order valence-corrected chi connectivity index (χ0v) is 7.13. The molecule has 1 aliphatic heterocycles. The van der Waals surface area contributed by atoms with E-state index in [1.807, 2.05) is 0 Å². The molecule has 1 heterocycles. The quantitative estimate of drug-likeness (QED) is 0.567. The van der Waals surface area contributed by atoms with Crippen molar-refractivity contribution in [3.63, 3.8) is 0 Å². The molecule has 0 radical (unpaired) electrons. The van der Waals surface area contributed by atoms with Crippen LogP contribution >= 0.6 is 0 Å². The maximum absolute atomic E-state index is 11.0. The van der Waals surface area contributed by atoms with Crippen molar-refractivity contribution < 1.29 is 13.2 Å². The fraction of sp³-hybridized carbons (Fsp3) is 0.500. The molecule has 0 saturated carbocycles. The Morgan fingerprint density at radius 3 is 2.18 bits per heavy atom. The average molecular weight is 175 g/mol. The van der Waals surface area contributed by atoms with E-state index >= 15 is 0 Å². The van der Waals surface area contributed by atoms with Gasteiger partial charge >= 0.3 is 10.0 Å². The molecular formula is C6H9NO3S. The molecule has 1 aliphatic rings. The molecule has 11 heavy (non-hydrogen) atoms. The number of rotatable bonds is 1. The van der Waals surface area contributed by atoms with E-state index < -0.39 is 15.1 Å². The molecule has 0 aromatic rings. The lowest BCUT2D eigenvalue weighted by Crippen LogP contribution is -2.31. The van der Waals surface area contributed by atoms with Crippen LogP contribution in [0.15, 0.2) is 12.3 Å². The first-order valence-corrected chi connectivity index (χ1v) is 4.66. The van der Waals surface area contributed by atoms with Crippen LogP contribution in [0.4, 0.5) is 0 Å². The number of carbonyl (C=O) groups is 1. The van der Waals surface area contributed by atoms with E-state index in [4.69, 9.17) is 0 Å². The lowest BCUT2D eigenvalue weighted by Gasteiger charge is -2.17. The van der Waals surface area contributed by atoms with Gasteiger partial charge in [0.1, 0.15) is 0 Å². The Bertz CT molecular complexity index is 302. The van der Waals surface area contributed by atoms with Crippen molar-refractivity contribution >= 4 is 15.1 Å². The molecule has 0 fully saturated rings. The van der Waals surface area contributed by atoms with Crippen LogP contribution in [0.2, 0.25) is 0 Å². The van der Waals surface area contributed by atoms with Crippen molar-refractivity contribution in [3.05, 3.63) is 12.3 Å². The van der Waals surface area contributed by atoms with Crippen LogP contribution in [0.5, 0.6) is 0 Å². The smallest absolute Gasteiger partial charge is 0.275 e. The molecular weight excluding hydrogens is 166 g/mol. The Morgan fingerprint density at radius 1 is 1.45 bits per heavy atom. The minimum atomic E-state index is -3.68. The van der Waals surface area contributed by atoms with Gasteiger partial charge in [-0.05, 0) is 13.8 Å². The van der Waals surface area contributed by atoms with Crippen molar-refractivity contribution in [2.45, 2.75) is 19.9 Å². The second kappa shape index (κ2) is 2.34. The van der Waals surface area contributed by atoms with E-state index in [1.54, 1.807) is 13.8 Å². The number of carbonyl (C=O) groups excluding carboxylic acids is 1. The van der Waals surface area contributed by atoms with E-state index in [0.717, 1.165) is 10.4 Å². The second-order valence-electron chi connectivity index (χ2n) is 2.56. The van der Waals surface area contributed by atoms with Crippen molar-refractivity contribution in [2.24, 2.45) is 0 Å². The van der Waals surface area contributed by atoms with Gasteiger partial charge in [0.15, 0.2) is 0 Å². The third-order valence-corrected chi connectivity index (χ3v) is 3.14. The Morgan fingerprint density at radius 2 is 2.00 bits per heavy atom. The Kier molecular flexibility index (Phi) is 1.75. The van der Waals surface area contributed by atoms with Crippen molar-refractivity contribution in [3.8, 4) is 0 Å². The maximum atomic E-state index is 11.0. The van der Waals surface area contributed by atoms with Gasteiger partial charge in [-0.2, -0.15) is 8.42 Å². The Balaban J connectivity index is 3.06. The Labute approximate surface area is 65.6 Å². The predicted molar refractivity (Wildman–Crippen MR) is 40.0 cm³/mol. The number of nitrogens with zero attached hydrogens (tertiary/aromatic N) is 1. The first kappa shape index (κ1) is 8.26. The SMILES string of the molecule is CC(C)N1C=CC(=O)S1(=O)=O. The maximum Gasteiger partial charge on any atom is 0.302 e. The van der Waals surface area contributed by atoms with Gasteiger partial charge in [-0.25, -0.2) is 0 Å². The van der Waals surface area contributed by atoms with Crippen molar-refractivity contribution in [2.75, 3.05) is 0 Å². The van der Waals surface area contributed by atoms with Crippen LogP contribution in [0.3, 0.4) is 0 Å². The summed E-state index contributed by atoms with van der Waals surface area (Å²) in [7, 11) is -3.68. The second-order valence-corrected chi connectivity index (χ2v) is 4.34. The average Bonchev–Trinajstić information content (AvgIpc) is 2.08.